The molecule has 2 rings (SSSR count). The topological polar surface area (TPSA) is 55.4 Å². The number of methoxy groups -OCH3 is 1. The van der Waals surface area contributed by atoms with Crippen molar-refractivity contribution in [3.8, 4) is 0 Å². The molecule has 1 atom stereocenters. The van der Waals surface area contributed by atoms with Crippen LogP contribution in [0.15, 0.2) is 35.9 Å². The van der Waals surface area contributed by atoms with Crippen LogP contribution in [-0.2, 0) is 20.7 Å². The Labute approximate surface area is 125 Å². The summed E-state index contributed by atoms with van der Waals surface area (Å²) >= 11 is 0. The Morgan fingerprint density at radius 1 is 1.38 bits per heavy atom. The SMILES string of the molecule is COC(=O)/C(C)=C/CC(=O)NC1CCCc2ccccc21. The van der Waals surface area contributed by atoms with Crippen molar-refractivity contribution in [2.45, 2.75) is 38.6 Å². The molecule has 0 radical (unpaired) electrons. The highest BCUT2D eigenvalue weighted by Gasteiger charge is 2.20. The van der Waals surface area contributed by atoms with E-state index in [0.29, 0.717) is 5.57 Å². The van der Waals surface area contributed by atoms with Gasteiger partial charge in [-0.05, 0) is 37.3 Å². The quantitative estimate of drug-likeness (QED) is 0.684. The first kappa shape index (κ1) is 15.3. The van der Waals surface area contributed by atoms with Gasteiger partial charge >= 0.3 is 5.97 Å². The Kier molecular flexibility index (Phi) is 5.14. The minimum absolute atomic E-state index is 0.0695. The summed E-state index contributed by atoms with van der Waals surface area (Å²) < 4.78 is 4.60. The van der Waals surface area contributed by atoms with Crippen LogP contribution < -0.4 is 5.32 Å². The van der Waals surface area contributed by atoms with E-state index in [9.17, 15) is 9.59 Å². The van der Waals surface area contributed by atoms with E-state index in [-0.39, 0.29) is 18.4 Å². The third-order valence-electron chi connectivity index (χ3n) is 3.81. The number of rotatable bonds is 4. The smallest absolute Gasteiger partial charge is 0.333 e. The van der Waals surface area contributed by atoms with Crippen LogP contribution in [0, 0.1) is 0 Å². The van der Waals surface area contributed by atoms with Crippen molar-refractivity contribution in [3.05, 3.63) is 47.0 Å². The van der Waals surface area contributed by atoms with E-state index in [2.05, 4.69) is 22.2 Å². The largest absolute Gasteiger partial charge is 0.466 e. The molecule has 0 fully saturated rings. The van der Waals surface area contributed by atoms with Gasteiger partial charge in [-0.15, -0.1) is 0 Å². The van der Waals surface area contributed by atoms with Crippen LogP contribution >= 0.6 is 0 Å². The lowest BCUT2D eigenvalue weighted by molar-refractivity contribution is -0.136. The van der Waals surface area contributed by atoms with E-state index < -0.39 is 5.97 Å². The number of hydrogen-bond donors (Lipinski definition) is 1. The van der Waals surface area contributed by atoms with Crippen molar-refractivity contribution in [2.24, 2.45) is 0 Å². The van der Waals surface area contributed by atoms with Gasteiger partial charge < -0.3 is 10.1 Å². The molecule has 4 nitrogen and oxygen atoms in total. The van der Waals surface area contributed by atoms with Gasteiger partial charge in [0, 0.05) is 12.0 Å². The van der Waals surface area contributed by atoms with E-state index in [4.69, 9.17) is 0 Å². The van der Waals surface area contributed by atoms with E-state index in [0.717, 1.165) is 19.3 Å². The Morgan fingerprint density at radius 2 is 2.14 bits per heavy atom. The molecule has 0 aliphatic heterocycles. The third kappa shape index (κ3) is 3.94. The number of ether oxygens (including phenoxy) is 1. The van der Waals surface area contributed by atoms with Crippen LogP contribution in [0.2, 0.25) is 0 Å². The Morgan fingerprint density at radius 3 is 2.90 bits per heavy atom. The number of esters is 1. The molecule has 1 aliphatic carbocycles. The molecular formula is C17H21NO3. The molecule has 1 unspecified atom stereocenters. The lowest BCUT2D eigenvalue weighted by atomic mass is 9.87. The number of aryl methyl sites for hydroxylation is 1. The molecular weight excluding hydrogens is 266 g/mol. The molecule has 0 saturated carbocycles. The van der Waals surface area contributed by atoms with Crippen molar-refractivity contribution >= 4 is 11.9 Å². The highest BCUT2D eigenvalue weighted by molar-refractivity contribution is 5.89. The van der Waals surface area contributed by atoms with Crippen molar-refractivity contribution < 1.29 is 14.3 Å². The standard InChI is InChI=1S/C17H21NO3/c1-12(17(20)21-2)10-11-16(19)18-15-9-5-7-13-6-3-4-8-14(13)15/h3-4,6,8,10,15H,5,7,9,11H2,1-2H3,(H,18,19)/b12-10+. The van der Waals surface area contributed by atoms with Crippen molar-refractivity contribution in [3.63, 3.8) is 0 Å². The highest BCUT2D eigenvalue weighted by atomic mass is 16.5. The Bertz CT molecular complexity index is 563. The maximum Gasteiger partial charge on any atom is 0.333 e. The van der Waals surface area contributed by atoms with Gasteiger partial charge in [0.2, 0.25) is 5.91 Å². The molecule has 0 aromatic heterocycles. The maximum atomic E-state index is 12.0. The highest BCUT2D eigenvalue weighted by Crippen LogP contribution is 2.29. The summed E-state index contributed by atoms with van der Waals surface area (Å²) in [6.07, 6.45) is 4.92. The van der Waals surface area contributed by atoms with E-state index in [1.807, 2.05) is 12.1 Å². The summed E-state index contributed by atoms with van der Waals surface area (Å²) in [6, 6.07) is 8.31. The molecule has 1 aromatic rings. The lowest BCUT2D eigenvalue weighted by Crippen LogP contribution is -2.30. The number of carbonyl (C=O) groups excluding carboxylic acids is 2. The average molecular weight is 287 g/mol. The third-order valence-corrected chi connectivity index (χ3v) is 3.81. The first-order chi connectivity index (χ1) is 10.1. The molecule has 0 saturated heterocycles. The second-order valence-electron chi connectivity index (χ2n) is 5.29. The first-order valence-corrected chi connectivity index (χ1v) is 7.24. The number of nitrogens with one attached hydrogen (secondary N) is 1. The summed E-state index contributed by atoms with van der Waals surface area (Å²) in [5.41, 5.74) is 2.98. The normalized spacial score (nSPS) is 17.8. The number of hydrogen-bond acceptors (Lipinski definition) is 3. The molecule has 1 aromatic carbocycles. The average Bonchev–Trinajstić information content (AvgIpc) is 2.52. The zero-order valence-corrected chi connectivity index (χ0v) is 12.5. The second kappa shape index (κ2) is 7.07. The summed E-state index contributed by atoms with van der Waals surface area (Å²) in [5.74, 6) is -0.467. The van der Waals surface area contributed by atoms with Gasteiger partial charge in [-0.2, -0.15) is 0 Å². The molecule has 1 aliphatic rings. The summed E-state index contributed by atoms with van der Waals surface area (Å²) in [7, 11) is 1.33. The fourth-order valence-electron chi connectivity index (χ4n) is 2.65. The zero-order chi connectivity index (χ0) is 15.2. The van der Waals surface area contributed by atoms with Crippen LogP contribution in [0.3, 0.4) is 0 Å². The molecule has 0 heterocycles. The maximum absolute atomic E-state index is 12.0. The lowest BCUT2D eigenvalue weighted by Gasteiger charge is -2.26. The monoisotopic (exact) mass is 287 g/mol. The van der Waals surface area contributed by atoms with Crippen LogP contribution in [-0.4, -0.2) is 19.0 Å². The van der Waals surface area contributed by atoms with Gasteiger partial charge in [0.05, 0.1) is 13.2 Å². The molecule has 21 heavy (non-hydrogen) atoms. The van der Waals surface area contributed by atoms with Gasteiger partial charge in [-0.25, -0.2) is 4.79 Å². The van der Waals surface area contributed by atoms with Gasteiger partial charge in [-0.3, -0.25) is 4.79 Å². The van der Waals surface area contributed by atoms with E-state index >= 15 is 0 Å². The Hall–Kier alpha value is -2.10. The molecule has 1 N–H and O–H groups in total. The summed E-state index contributed by atoms with van der Waals surface area (Å²) in [4.78, 5) is 23.3. The number of carbonyl (C=O) groups is 2. The minimum atomic E-state index is -0.397. The van der Waals surface area contributed by atoms with Crippen molar-refractivity contribution in [2.75, 3.05) is 7.11 Å². The van der Waals surface area contributed by atoms with Crippen LogP contribution in [0.5, 0.6) is 0 Å². The van der Waals surface area contributed by atoms with Crippen molar-refractivity contribution in [1.82, 2.24) is 5.32 Å². The molecule has 0 bridgehead atoms. The fourth-order valence-corrected chi connectivity index (χ4v) is 2.65. The van der Waals surface area contributed by atoms with Gasteiger partial charge in [0.25, 0.3) is 0 Å². The second-order valence-corrected chi connectivity index (χ2v) is 5.29. The Balaban J connectivity index is 1.97. The first-order valence-electron chi connectivity index (χ1n) is 7.24. The summed E-state index contributed by atoms with van der Waals surface area (Å²) in [5, 5.41) is 3.05. The molecule has 4 heteroatoms. The number of fused-ring (bicyclic) bond motifs is 1. The molecule has 1 amide bonds. The zero-order valence-electron chi connectivity index (χ0n) is 12.5. The van der Waals surface area contributed by atoms with Crippen LogP contribution in [0.1, 0.15) is 43.4 Å². The van der Waals surface area contributed by atoms with Crippen LogP contribution in [0.25, 0.3) is 0 Å². The predicted octanol–water partition coefficient (Wildman–Crippen LogP) is 2.69. The fraction of sp³-hybridized carbons (Fsp3) is 0.412. The summed E-state index contributed by atoms with van der Waals surface area (Å²) in [6.45, 7) is 1.65. The molecule has 0 spiro atoms. The van der Waals surface area contributed by atoms with Gasteiger partial charge in [0.15, 0.2) is 0 Å². The van der Waals surface area contributed by atoms with Crippen molar-refractivity contribution in [1.29, 1.82) is 0 Å². The van der Waals surface area contributed by atoms with Crippen LogP contribution in [0.4, 0.5) is 0 Å². The van der Waals surface area contributed by atoms with E-state index in [1.54, 1.807) is 13.0 Å². The van der Waals surface area contributed by atoms with E-state index in [1.165, 1.54) is 18.2 Å². The van der Waals surface area contributed by atoms with Gasteiger partial charge in [-0.1, -0.05) is 30.3 Å². The minimum Gasteiger partial charge on any atom is -0.466 e. The number of benzene rings is 1. The number of amides is 1. The predicted molar refractivity (Wildman–Crippen MR) is 80.7 cm³/mol. The van der Waals surface area contributed by atoms with Gasteiger partial charge in [0.1, 0.15) is 0 Å². The molecule has 112 valence electrons.